The first-order chi connectivity index (χ1) is 19.1. The van der Waals surface area contributed by atoms with Gasteiger partial charge in [-0.2, -0.15) is 5.10 Å². The fourth-order valence-corrected chi connectivity index (χ4v) is 5.05. The van der Waals surface area contributed by atoms with Crippen LogP contribution in [0.4, 0.5) is 11.5 Å². The summed E-state index contributed by atoms with van der Waals surface area (Å²) in [5, 5.41) is 11.6. The van der Waals surface area contributed by atoms with Gasteiger partial charge in [-0.1, -0.05) is 53.8 Å². The summed E-state index contributed by atoms with van der Waals surface area (Å²) in [5.74, 6) is 0.682. The first-order valence-electron chi connectivity index (χ1n) is 12.4. The topological polar surface area (TPSA) is 111 Å². The summed E-state index contributed by atoms with van der Waals surface area (Å²) in [5.41, 5.74) is 4.32. The second-order valence-electron chi connectivity index (χ2n) is 8.82. The van der Waals surface area contributed by atoms with E-state index in [-0.39, 0.29) is 11.6 Å². The van der Waals surface area contributed by atoms with Gasteiger partial charge in [-0.3, -0.25) is 9.48 Å². The standard InChI is InChI=1S/C29H24N8OS/c1-19-13-16-37(36-19)17-15-30-25-18-24(32-26(35-25)20-8-3-2-4-9-20)27(38)33-22-11-6-5-10-21(22)28-34-23-12-7-14-31-29(23)39-28/h2-14,16,18H,15,17H2,1H3,(H,33,38)(H,30,32,35). The van der Waals surface area contributed by atoms with Gasteiger partial charge in [-0.15, -0.1) is 0 Å². The van der Waals surface area contributed by atoms with E-state index in [2.05, 4.69) is 30.7 Å². The molecule has 4 aromatic heterocycles. The molecule has 0 aliphatic heterocycles. The van der Waals surface area contributed by atoms with Gasteiger partial charge in [0.25, 0.3) is 5.91 Å². The Hall–Kier alpha value is -4.96. The van der Waals surface area contributed by atoms with Crippen LogP contribution >= 0.6 is 11.3 Å². The number of nitrogens with zero attached hydrogens (tertiary/aromatic N) is 6. The number of thiazole rings is 1. The van der Waals surface area contributed by atoms with Crippen LogP contribution in [0.25, 0.3) is 32.3 Å². The molecule has 4 heterocycles. The van der Waals surface area contributed by atoms with Crippen molar-refractivity contribution in [2.75, 3.05) is 17.2 Å². The van der Waals surface area contributed by atoms with Gasteiger partial charge in [-0.05, 0) is 37.3 Å². The summed E-state index contributed by atoms with van der Waals surface area (Å²) in [7, 11) is 0. The van der Waals surface area contributed by atoms with Crippen LogP contribution < -0.4 is 10.6 Å². The minimum Gasteiger partial charge on any atom is -0.368 e. The highest BCUT2D eigenvalue weighted by atomic mass is 32.1. The summed E-state index contributed by atoms with van der Waals surface area (Å²) in [6.45, 7) is 3.20. The molecule has 0 aliphatic rings. The predicted molar refractivity (Wildman–Crippen MR) is 154 cm³/mol. The summed E-state index contributed by atoms with van der Waals surface area (Å²) in [6, 6.07) is 24.6. The van der Waals surface area contributed by atoms with Crippen molar-refractivity contribution in [3.05, 3.63) is 103 Å². The van der Waals surface area contributed by atoms with E-state index in [1.54, 1.807) is 12.3 Å². The number of rotatable bonds is 8. The number of amides is 1. The third-order valence-electron chi connectivity index (χ3n) is 5.98. The molecule has 0 saturated heterocycles. The Morgan fingerprint density at radius 1 is 0.949 bits per heavy atom. The van der Waals surface area contributed by atoms with Gasteiger partial charge in [0.15, 0.2) is 5.82 Å². The fraction of sp³-hybridized carbons (Fsp3) is 0.103. The molecular weight excluding hydrogens is 508 g/mol. The lowest BCUT2D eigenvalue weighted by atomic mass is 10.1. The van der Waals surface area contributed by atoms with Crippen LogP contribution in [0, 0.1) is 6.92 Å². The van der Waals surface area contributed by atoms with Gasteiger partial charge >= 0.3 is 0 Å². The molecule has 39 heavy (non-hydrogen) atoms. The second-order valence-corrected chi connectivity index (χ2v) is 9.80. The molecule has 1 amide bonds. The molecule has 9 nitrogen and oxygen atoms in total. The van der Waals surface area contributed by atoms with Crippen molar-refractivity contribution >= 4 is 39.1 Å². The highest BCUT2D eigenvalue weighted by Gasteiger charge is 2.17. The highest BCUT2D eigenvalue weighted by Crippen LogP contribution is 2.33. The molecule has 2 aromatic carbocycles. The summed E-state index contributed by atoms with van der Waals surface area (Å²) in [4.78, 5) is 32.8. The molecular formula is C29H24N8OS. The lowest BCUT2D eigenvalue weighted by molar-refractivity contribution is 0.102. The Bertz CT molecular complexity index is 1730. The number of carbonyl (C=O) groups excluding carboxylic acids is 1. The van der Waals surface area contributed by atoms with E-state index < -0.39 is 0 Å². The predicted octanol–water partition coefficient (Wildman–Crippen LogP) is 5.68. The van der Waals surface area contributed by atoms with Crippen molar-refractivity contribution < 1.29 is 4.79 Å². The molecule has 0 radical (unpaired) electrons. The third-order valence-corrected chi connectivity index (χ3v) is 7.00. The number of hydrogen-bond acceptors (Lipinski definition) is 8. The molecule has 10 heteroatoms. The van der Waals surface area contributed by atoms with Crippen LogP contribution in [0.2, 0.25) is 0 Å². The second kappa shape index (κ2) is 10.8. The van der Waals surface area contributed by atoms with E-state index in [0.717, 1.165) is 32.2 Å². The van der Waals surface area contributed by atoms with Crippen molar-refractivity contribution in [2.45, 2.75) is 13.5 Å². The van der Waals surface area contributed by atoms with Gasteiger partial charge in [0.1, 0.15) is 26.9 Å². The summed E-state index contributed by atoms with van der Waals surface area (Å²) in [6.07, 6.45) is 3.68. The largest absolute Gasteiger partial charge is 0.368 e. The monoisotopic (exact) mass is 532 g/mol. The van der Waals surface area contributed by atoms with Gasteiger partial charge in [0.2, 0.25) is 0 Å². The average molecular weight is 533 g/mol. The fourth-order valence-electron chi connectivity index (χ4n) is 4.11. The van der Waals surface area contributed by atoms with Gasteiger partial charge in [0.05, 0.1) is 17.9 Å². The Labute approximate surface area is 228 Å². The molecule has 6 aromatic rings. The van der Waals surface area contributed by atoms with E-state index in [9.17, 15) is 4.79 Å². The van der Waals surface area contributed by atoms with Crippen LogP contribution in [0.15, 0.2) is 91.3 Å². The molecule has 0 unspecified atom stereocenters. The number of carbonyl (C=O) groups is 1. The van der Waals surface area contributed by atoms with E-state index in [1.165, 1.54) is 11.3 Å². The average Bonchev–Trinajstić information content (AvgIpc) is 3.59. The maximum atomic E-state index is 13.5. The van der Waals surface area contributed by atoms with Crippen LogP contribution in [0.5, 0.6) is 0 Å². The van der Waals surface area contributed by atoms with E-state index in [0.29, 0.717) is 30.4 Å². The molecule has 0 spiro atoms. The first-order valence-corrected chi connectivity index (χ1v) is 13.2. The van der Waals surface area contributed by atoms with Gasteiger partial charge in [0, 0.05) is 36.1 Å². The number of nitrogens with one attached hydrogen (secondary N) is 2. The lowest BCUT2D eigenvalue weighted by Crippen LogP contribution is -2.17. The minimum absolute atomic E-state index is 0.252. The quantitative estimate of drug-likeness (QED) is 0.259. The van der Waals surface area contributed by atoms with E-state index in [4.69, 9.17) is 4.98 Å². The number of aryl methyl sites for hydroxylation is 1. The number of para-hydroxylation sites is 1. The number of anilines is 2. The SMILES string of the molecule is Cc1ccn(CCNc2cc(C(=O)Nc3ccccc3-c3nc4cccnc4s3)nc(-c3ccccc3)n2)n1. The van der Waals surface area contributed by atoms with Crippen LogP contribution in [0.1, 0.15) is 16.2 Å². The van der Waals surface area contributed by atoms with Crippen LogP contribution in [-0.2, 0) is 6.54 Å². The molecule has 192 valence electrons. The van der Waals surface area contributed by atoms with Crippen molar-refractivity contribution in [3.63, 3.8) is 0 Å². The van der Waals surface area contributed by atoms with Crippen LogP contribution in [0.3, 0.4) is 0 Å². The van der Waals surface area contributed by atoms with Crippen molar-refractivity contribution in [1.82, 2.24) is 29.7 Å². The summed E-state index contributed by atoms with van der Waals surface area (Å²) < 4.78 is 1.86. The number of pyridine rings is 1. The smallest absolute Gasteiger partial charge is 0.274 e. The Kier molecular flexibility index (Phi) is 6.75. The van der Waals surface area contributed by atoms with Crippen molar-refractivity contribution in [1.29, 1.82) is 0 Å². The highest BCUT2D eigenvalue weighted by molar-refractivity contribution is 7.21. The molecule has 0 saturated carbocycles. The summed E-state index contributed by atoms with van der Waals surface area (Å²) >= 11 is 1.48. The molecule has 0 bridgehead atoms. The van der Waals surface area contributed by atoms with Gasteiger partial charge in [-0.25, -0.2) is 19.9 Å². The zero-order valence-electron chi connectivity index (χ0n) is 21.1. The van der Waals surface area contributed by atoms with E-state index >= 15 is 0 Å². The first kappa shape index (κ1) is 24.4. The number of hydrogen-bond donors (Lipinski definition) is 2. The number of fused-ring (bicyclic) bond motifs is 1. The zero-order valence-corrected chi connectivity index (χ0v) is 21.9. The maximum Gasteiger partial charge on any atom is 0.274 e. The van der Waals surface area contributed by atoms with E-state index in [1.807, 2.05) is 90.6 Å². The van der Waals surface area contributed by atoms with Gasteiger partial charge < -0.3 is 10.6 Å². The third kappa shape index (κ3) is 5.51. The molecule has 0 atom stereocenters. The Balaban J connectivity index is 1.28. The Morgan fingerprint density at radius 3 is 2.62 bits per heavy atom. The minimum atomic E-state index is -0.341. The molecule has 2 N–H and O–H groups in total. The molecule has 6 rings (SSSR count). The maximum absolute atomic E-state index is 13.5. The number of aromatic nitrogens is 6. The molecule has 0 aliphatic carbocycles. The number of benzene rings is 2. The van der Waals surface area contributed by atoms with Crippen LogP contribution in [-0.4, -0.2) is 42.2 Å². The normalized spacial score (nSPS) is 11.0. The zero-order chi connectivity index (χ0) is 26.6. The Morgan fingerprint density at radius 2 is 1.79 bits per heavy atom. The van der Waals surface area contributed by atoms with Crippen molar-refractivity contribution in [3.8, 4) is 22.0 Å². The lowest BCUT2D eigenvalue weighted by Gasteiger charge is -2.12. The van der Waals surface area contributed by atoms with Crippen molar-refractivity contribution in [2.24, 2.45) is 0 Å². The molecule has 0 fully saturated rings.